The van der Waals surface area contributed by atoms with Gasteiger partial charge in [0.05, 0.1) is 33.2 Å². The Morgan fingerprint density at radius 2 is 1.89 bits per heavy atom. The molecule has 1 amide bonds. The molecule has 0 radical (unpaired) electrons. The van der Waals surface area contributed by atoms with Gasteiger partial charge in [-0.25, -0.2) is 0 Å². The van der Waals surface area contributed by atoms with Crippen molar-refractivity contribution in [2.45, 2.75) is 6.54 Å². The third kappa shape index (κ3) is 3.87. The third-order valence-electron chi connectivity index (χ3n) is 4.00. The van der Waals surface area contributed by atoms with E-state index in [2.05, 4.69) is 10.3 Å². The van der Waals surface area contributed by atoms with Crippen LogP contribution in [0.25, 0.3) is 11.3 Å². The molecule has 7 heteroatoms. The molecule has 140 valence electrons. The first-order chi connectivity index (χ1) is 13.2. The van der Waals surface area contributed by atoms with Crippen LogP contribution in [0.1, 0.15) is 15.9 Å². The van der Waals surface area contributed by atoms with Gasteiger partial charge in [0.25, 0.3) is 5.91 Å². The Balaban J connectivity index is 1.78. The minimum atomic E-state index is -0.295. The maximum atomic E-state index is 12.7. The number of hydrogen-bond acceptors (Lipinski definition) is 6. The highest BCUT2D eigenvalue weighted by Gasteiger charge is 2.20. The maximum absolute atomic E-state index is 12.7. The molecule has 2 aromatic heterocycles. The van der Waals surface area contributed by atoms with Crippen LogP contribution < -0.4 is 19.5 Å². The van der Waals surface area contributed by atoms with Crippen LogP contribution in [0.4, 0.5) is 0 Å². The minimum absolute atomic E-state index is 0.295. The molecule has 0 saturated heterocycles. The van der Waals surface area contributed by atoms with Crippen molar-refractivity contribution in [3.8, 4) is 28.6 Å². The van der Waals surface area contributed by atoms with E-state index >= 15 is 0 Å². The van der Waals surface area contributed by atoms with Gasteiger partial charge in [0.15, 0.2) is 11.5 Å². The predicted octanol–water partition coefficient (Wildman–Crippen LogP) is 3.30. The lowest BCUT2D eigenvalue weighted by Crippen LogP contribution is -2.23. The number of aromatic nitrogens is 1. The maximum Gasteiger partial charge on any atom is 0.255 e. The average Bonchev–Trinajstić information content (AvgIpc) is 3.25. The molecule has 3 aromatic rings. The van der Waals surface area contributed by atoms with Crippen molar-refractivity contribution in [2.24, 2.45) is 0 Å². The van der Waals surface area contributed by atoms with E-state index in [1.807, 2.05) is 18.2 Å². The molecule has 0 aliphatic carbocycles. The van der Waals surface area contributed by atoms with E-state index in [9.17, 15) is 4.79 Å². The average molecular weight is 368 g/mol. The number of amides is 1. The van der Waals surface area contributed by atoms with Gasteiger partial charge in [0.1, 0.15) is 5.76 Å². The van der Waals surface area contributed by atoms with Gasteiger partial charge in [0.2, 0.25) is 5.75 Å². The standard InChI is InChI=1S/C20H20N2O5/c1-24-17-7-6-15(18(25-2)19(17)26-3)20(23)22-11-13-9-14(12-21-10-13)16-5-4-8-27-16/h4-10,12H,11H2,1-3H3,(H,22,23). The molecule has 0 unspecified atom stereocenters. The topological polar surface area (TPSA) is 82.8 Å². The monoisotopic (exact) mass is 368 g/mol. The lowest BCUT2D eigenvalue weighted by atomic mass is 10.1. The highest BCUT2D eigenvalue weighted by atomic mass is 16.5. The van der Waals surface area contributed by atoms with Gasteiger partial charge < -0.3 is 23.9 Å². The van der Waals surface area contributed by atoms with E-state index in [1.165, 1.54) is 21.3 Å². The van der Waals surface area contributed by atoms with Crippen molar-refractivity contribution >= 4 is 5.91 Å². The fraction of sp³-hybridized carbons (Fsp3) is 0.200. The highest BCUT2D eigenvalue weighted by molar-refractivity contribution is 5.98. The van der Waals surface area contributed by atoms with Crippen LogP contribution in [0, 0.1) is 0 Å². The normalized spacial score (nSPS) is 10.3. The molecule has 0 saturated carbocycles. The number of furan rings is 1. The van der Waals surface area contributed by atoms with Crippen LogP contribution in [0.3, 0.4) is 0 Å². The van der Waals surface area contributed by atoms with Crippen LogP contribution in [0.5, 0.6) is 17.2 Å². The number of nitrogens with zero attached hydrogens (tertiary/aromatic N) is 1. The first kappa shape index (κ1) is 18.3. The predicted molar refractivity (Wildman–Crippen MR) is 99.2 cm³/mol. The zero-order valence-electron chi connectivity index (χ0n) is 15.3. The van der Waals surface area contributed by atoms with Gasteiger partial charge in [0, 0.05) is 24.5 Å². The second-order valence-electron chi connectivity index (χ2n) is 5.62. The number of nitrogens with one attached hydrogen (secondary N) is 1. The van der Waals surface area contributed by atoms with Crippen LogP contribution in [-0.4, -0.2) is 32.2 Å². The number of hydrogen-bond donors (Lipinski definition) is 1. The zero-order chi connectivity index (χ0) is 19.2. The van der Waals surface area contributed by atoms with Crippen LogP contribution in [0.15, 0.2) is 53.4 Å². The van der Waals surface area contributed by atoms with E-state index in [0.717, 1.165) is 16.9 Å². The summed E-state index contributed by atoms with van der Waals surface area (Å²) in [6, 6.07) is 8.88. The van der Waals surface area contributed by atoms with E-state index in [0.29, 0.717) is 29.4 Å². The number of carbonyl (C=O) groups excluding carboxylic acids is 1. The van der Waals surface area contributed by atoms with E-state index in [4.69, 9.17) is 18.6 Å². The number of methoxy groups -OCH3 is 3. The van der Waals surface area contributed by atoms with Gasteiger partial charge in [-0.05, 0) is 35.9 Å². The second kappa shape index (κ2) is 8.27. The number of carbonyl (C=O) groups is 1. The Hall–Kier alpha value is -3.48. The Kier molecular flexibility index (Phi) is 5.61. The fourth-order valence-electron chi connectivity index (χ4n) is 2.72. The molecule has 0 aliphatic rings. The Morgan fingerprint density at radius 1 is 1.07 bits per heavy atom. The van der Waals surface area contributed by atoms with Gasteiger partial charge in [-0.2, -0.15) is 0 Å². The minimum Gasteiger partial charge on any atom is -0.493 e. The summed E-state index contributed by atoms with van der Waals surface area (Å²) in [6.07, 6.45) is 5.01. The van der Waals surface area contributed by atoms with Gasteiger partial charge in [-0.3, -0.25) is 9.78 Å². The van der Waals surface area contributed by atoms with Crippen molar-refractivity contribution in [2.75, 3.05) is 21.3 Å². The summed E-state index contributed by atoms with van der Waals surface area (Å²) < 4.78 is 21.3. The van der Waals surface area contributed by atoms with Crippen LogP contribution >= 0.6 is 0 Å². The summed E-state index contributed by atoms with van der Waals surface area (Å²) in [4.78, 5) is 16.9. The first-order valence-corrected chi connectivity index (χ1v) is 8.23. The van der Waals surface area contributed by atoms with Crippen molar-refractivity contribution in [1.82, 2.24) is 10.3 Å². The molecule has 0 atom stereocenters. The molecule has 0 spiro atoms. The van der Waals surface area contributed by atoms with Gasteiger partial charge in [-0.15, -0.1) is 0 Å². The number of rotatable bonds is 7. The summed E-state index contributed by atoms with van der Waals surface area (Å²) >= 11 is 0. The molecule has 3 rings (SSSR count). The molecule has 0 aliphatic heterocycles. The number of pyridine rings is 1. The zero-order valence-corrected chi connectivity index (χ0v) is 15.3. The van der Waals surface area contributed by atoms with Gasteiger partial charge in [-0.1, -0.05) is 0 Å². The Bertz CT molecular complexity index is 922. The quantitative estimate of drug-likeness (QED) is 0.689. The Morgan fingerprint density at radius 3 is 2.56 bits per heavy atom. The lowest BCUT2D eigenvalue weighted by molar-refractivity contribution is 0.0947. The molecular formula is C20H20N2O5. The summed E-state index contributed by atoms with van der Waals surface area (Å²) in [6.45, 7) is 0.303. The second-order valence-corrected chi connectivity index (χ2v) is 5.62. The van der Waals surface area contributed by atoms with Crippen molar-refractivity contribution < 1.29 is 23.4 Å². The van der Waals surface area contributed by atoms with E-state index in [-0.39, 0.29) is 5.91 Å². The fourth-order valence-corrected chi connectivity index (χ4v) is 2.72. The number of benzene rings is 1. The molecule has 1 aromatic carbocycles. The molecule has 1 N–H and O–H groups in total. The van der Waals surface area contributed by atoms with E-state index < -0.39 is 0 Å². The molecule has 0 fully saturated rings. The Labute approximate surface area is 156 Å². The molecule has 27 heavy (non-hydrogen) atoms. The first-order valence-electron chi connectivity index (χ1n) is 8.23. The van der Waals surface area contributed by atoms with Gasteiger partial charge >= 0.3 is 0 Å². The van der Waals surface area contributed by atoms with Crippen molar-refractivity contribution in [3.05, 3.63) is 60.1 Å². The van der Waals surface area contributed by atoms with E-state index in [1.54, 1.807) is 30.8 Å². The summed E-state index contributed by atoms with van der Waals surface area (Å²) in [5.74, 6) is 1.60. The van der Waals surface area contributed by atoms with Crippen LogP contribution in [0.2, 0.25) is 0 Å². The SMILES string of the molecule is COc1ccc(C(=O)NCc2cncc(-c3ccco3)c2)c(OC)c1OC. The molecule has 7 nitrogen and oxygen atoms in total. The summed E-state index contributed by atoms with van der Waals surface area (Å²) in [5, 5.41) is 2.87. The largest absolute Gasteiger partial charge is 0.493 e. The molecular weight excluding hydrogens is 348 g/mol. The smallest absolute Gasteiger partial charge is 0.255 e. The van der Waals surface area contributed by atoms with Crippen molar-refractivity contribution in [1.29, 1.82) is 0 Å². The van der Waals surface area contributed by atoms with Crippen LogP contribution in [-0.2, 0) is 6.54 Å². The summed E-state index contributed by atoms with van der Waals surface area (Å²) in [5.41, 5.74) is 2.04. The molecule has 0 bridgehead atoms. The highest BCUT2D eigenvalue weighted by Crippen LogP contribution is 2.39. The third-order valence-corrected chi connectivity index (χ3v) is 4.00. The summed E-state index contributed by atoms with van der Waals surface area (Å²) in [7, 11) is 4.49. The number of ether oxygens (including phenoxy) is 3. The lowest BCUT2D eigenvalue weighted by Gasteiger charge is -2.15. The molecule has 2 heterocycles. The van der Waals surface area contributed by atoms with Crippen molar-refractivity contribution in [3.63, 3.8) is 0 Å².